The number of halogens is 2. The Hall–Kier alpha value is -0.600. The van der Waals surface area contributed by atoms with Crippen molar-refractivity contribution in [2.45, 2.75) is 20.8 Å². The molecular weight excluding hydrogens is 273 g/mol. The zero-order chi connectivity index (χ0) is 11.2. The molecular formula is C12H11BrClN. The van der Waals surface area contributed by atoms with Crippen molar-refractivity contribution in [3.63, 3.8) is 0 Å². The van der Waals surface area contributed by atoms with Crippen LogP contribution in [0, 0.1) is 20.8 Å². The van der Waals surface area contributed by atoms with Crippen LogP contribution in [-0.4, -0.2) is 4.98 Å². The van der Waals surface area contributed by atoms with Crippen molar-refractivity contribution < 1.29 is 0 Å². The van der Waals surface area contributed by atoms with E-state index in [4.69, 9.17) is 11.6 Å². The summed E-state index contributed by atoms with van der Waals surface area (Å²) in [4.78, 5) is 4.58. The van der Waals surface area contributed by atoms with E-state index in [1.807, 2.05) is 32.9 Å². The smallest absolute Gasteiger partial charge is 0.0760 e. The molecule has 2 rings (SSSR count). The van der Waals surface area contributed by atoms with Gasteiger partial charge in [-0.3, -0.25) is 4.98 Å². The molecule has 0 saturated carbocycles. The van der Waals surface area contributed by atoms with E-state index in [1.54, 1.807) is 0 Å². The van der Waals surface area contributed by atoms with E-state index in [9.17, 15) is 0 Å². The van der Waals surface area contributed by atoms with Gasteiger partial charge in [0.2, 0.25) is 0 Å². The molecule has 0 aliphatic heterocycles. The molecule has 0 fully saturated rings. The highest BCUT2D eigenvalue weighted by molar-refractivity contribution is 9.10. The fraction of sp³-hybridized carbons (Fsp3) is 0.250. The highest BCUT2D eigenvalue weighted by Crippen LogP contribution is 2.32. The lowest BCUT2D eigenvalue weighted by atomic mass is 10.1. The van der Waals surface area contributed by atoms with Crippen LogP contribution < -0.4 is 0 Å². The molecule has 15 heavy (non-hydrogen) atoms. The van der Waals surface area contributed by atoms with E-state index in [0.717, 1.165) is 37.2 Å². The van der Waals surface area contributed by atoms with E-state index < -0.39 is 0 Å². The Bertz CT molecular complexity index is 549. The largest absolute Gasteiger partial charge is 0.252 e. The predicted molar refractivity (Wildman–Crippen MR) is 68.7 cm³/mol. The molecule has 1 aromatic carbocycles. The van der Waals surface area contributed by atoms with Gasteiger partial charge in [-0.25, -0.2) is 0 Å². The lowest BCUT2D eigenvalue weighted by Gasteiger charge is -2.09. The number of fused-ring (bicyclic) bond motifs is 1. The van der Waals surface area contributed by atoms with Gasteiger partial charge in [0.25, 0.3) is 0 Å². The van der Waals surface area contributed by atoms with Crippen LogP contribution in [0.3, 0.4) is 0 Å². The molecule has 0 atom stereocenters. The molecule has 0 bridgehead atoms. The normalized spacial score (nSPS) is 11.0. The fourth-order valence-electron chi connectivity index (χ4n) is 1.61. The third-order valence-corrected chi connectivity index (χ3v) is 4.10. The summed E-state index contributed by atoms with van der Waals surface area (Å²) in [6, 6.07) is 4.02. The van der Waals surface area contributed by atoms with Gasteiger partial charge in [-0.1, -0.05) is 33.6 Å². The molecule has 0 aliphatic rings. The molecule has 0 amide bonds. The van der Waals surface area contributed by atoms with Crippen LogP contribution in [-0.2, 0) is 0 Å². The summed E-state index contributed by atoms with van der Waals surface area (Å²) in [5, 5.41) is 1.84. The second-order valence-electron chi connectivity index (χ2n) is 3.70. The lowest BCUT2D eigenvalue weighted by molar-refractivity contribution is 1.18. The van der Waals surface area contributed by atoms with E-state index in [1.165, 1.54) is 0 Å². The van der Waals surface area contributed by atoms with Gasteiger partial charge in [0, 0.05) is 15.6 Å². The minimum atomic E-state index is 0.813. The first kappa shape index (κ1) is 10.9. The number of pyridine rings is 1. The molecule has 78 valence electrons. The predicted octanol–water partition coefficient (Wildman–Crippen LogP) is 4.58. The summed E-state index contributed by atoms with van der Waals surface area (Å²) in [5.74, 6) is 0. The van der Waals surface area contributed by atoms with Gasteiger partial charge < -0.3 is 0 Å². The summed E-state index contributed by atoms with van der Waals surface area (Å²) < 4.78 is 1.07. The minimum Gasteiger partial charge on any atom is -0.252 e. The molecule has 1 aromatic heterocycles. The maximum absolute atomic E-state index is 6.30. The number of aryl methyl sites for hydroxylation is 2. The van der Waals surface area contributed by atoms with Gasteiger partial charge in [0.1, 0.15) is 0 Å². The van der Waals surface area contributed by atoms with Crippen molar-refractivity contribution in [1.29, 1.82) is 0 Å². The van der Waals surface area contributed by atoms with Crippen LogP contribution in [0.2, 0.25) is 5.02 Å². The van der Waals surface area contributed by atoms with Crippen molar-refractivity contribution in [1.82, 2.24) is 4.98 Å². The van der Waals surface area contributed by atoms with Gasteiger partial charge in [-0.15, -0.1) is 0 Å². The van der Waals surface area contributed by atoms with Crippen LogP contribution in [0.4, 0.5) is 0 Å². The summed E-state index contributed by atoms with van der Waals surface area (Å²) >= 11 is 9.80. The van der Waals surface area contributed by atoms with Crippen LogP contribution in [0.1, 0.15) is 16.8 Å². The molecule has 0 aliphatic carbocycles. The molecule has 0 radical (unpaired) electrons. The highest BCUT2D eigenvalue weighted by atomic mass is 79.9. The van der Waals surface area contributed by atoms with Gasteiger partial charge in [-0.05, 0) is 38.0 Å². The summed E-state index contributed by atoms with van der Waals surface area (Å²) in [7, 11) is 0. The average Bonchev–Trinajstić information content (AvgIpc) is 2.21. The number of hydrogen-bond donors (Lipinski definition) is 0. The van der Waals surface area contributed by atoms with Gasteiger partial charge in [-0.2, -0.15) is 0 Å². The van der Waals surface area contributed by atoms with Gasteiger partial charge >= 0.3 is 0 Å². The van der Waals surface area contributed by atoms with Crippen molar-refractivity contribution >= 4 is 38.4 Å². The zero-order valence-electron chi connectivity index (χ0n) is 8.86. The van der Waals surface area contributed by atoms with Crippen molar-refractivity contribution in [2.75, 3.05) is 0 Å². The van der Waals surface area contributed by atoms with Crippen LogP contribution in [0.5, 0.6) is 0 Å². The first-order valence-electron chi connectivity index (χ1n) is 4.74. The molecule has 0 N–H and O–H groups in total. The Morgan fingerprint density at radius 1 is 1.13 bits per heavy atom. The second kappa shape index (κ2) is 3.76. The van der Waals surface area contributed by atoms with Crippen molar-refractivity contribution in [2.24, 2.45) is 0 Å². The van der Waals surface area contributed by atoms with Crippen LogP contribution in [0.15, 0.2) is 16.6 Å². The second-order valence-corrected chi connectivity index (χ2v) is 4.94. The third-order valence-electron chi connectivity index (χ3n) is 2.75. The number of aromatic nitrogens is 1. The Morgan fingerprint density at radius 2 is 1.80 bits per heavy atom. The molecule has 0 spiro atoms. The van der Waals surface area contributed by atoms with E-state index >= 15 is 0 Å². The topological polar surface area (TPSA) is 12.9 Å². The quantitative estimate of drug-likeness (QED) is 0.690. The average molecular weight is 285 g/mol. The fourth-order valence-corrected chi connectivity index (χ4v) is 2.22. The highest BCUT2D eigenvalue weighted by Gasteiger charge is 2.10. The molecule has 1 heterocycles. The molecule has 1 nitrogen and oxygen atoms in total. The molecule has 2 aromatic rings. The van der Waals surface area contributed by atoms with Crippen molar-refractivity contribution in [3.05, 3.63) is 38.4 Å². The minimum absolute atomic E-state index is 0.813. The molecule has 0 saturated heterocycles. The third kappa shape index (κ3) is 1.66. The zero-order valence-corrected chi connectivity index (χ0v) is 11.2. The summed E-state index contributed by atoms with van der Waals surface area (Å²) in [6.07, 6.45) is 0. The Kier molecular flexibility index (Phi) is 2.73. The standard InChI is InChI=1S/C12H11BrClN/c1-6-8(3)15-12-7(2)10(13)5-4-9(12)11(6)14/h4-5H,1-3H3. The SMILES string of the molecule is Cc1nc2c(C)c(Br)ccc2c(Cl)c1C. The Labute approximate surface area is 103 Å². The Balaban J connectivity index is 2.98. The Morgan fingerprint density at radius 3 is 2.47 bits per heavy atom. The van der Waals surface area contributed by atoms with E-state index in [-0.39, 0.29) is 0 Å². The number of hydrogen-bond acceptors (Lipinski definition) is 1. The number of nitrogens with zero attached hydrogens (tertiary/aromatic N) is 1. The summed E-state index contributed by atoms with van der Waals surface area (Å²) in [6.45, 7) is 6.03. The van der Waals surface area contributed by atoms with Crippen LogP contribution in [0.25, 0.3) is 10.9 Å². The van der Waals surface area contributed by atoms with E-state index in [0.29, 0.717) is 0 Å². The molecule has 3 heteroatoms. The number of rotatable bonds is 0. The maximum atomic E-state index is 6.30. The van der Waals surface area contributed by atoms with Crippen molar-refractivity contribution in [3.8, 4) is 0 Å². The van der Waals surface area contributed by atoms with Gasteiger partial charge in [0.05, 0.1) is 10.5 Å². The van der Waals surface area contributed by atoms with Crippen LogP contribution >= 0.6 is 27.5 Å². The summed E-state index contributed by atoms with van der Waals surface area (Å²) in [5.41, 5.74) is 4.18. The van der Waals surface area contributed by atoms with E-state index in [2.05, 4.69) is 20.9 Å². The monoisotopic (exact) mass is 283 g/mol. The lowest BCUT2D eigenvalue weighted by Crippen LogP contribution is -1.93. The maximum Gasteiger partial charge on any atom is 0.0760 e. The first-order chi connectivity index (χ1) is 7.02. The number of benzene rings is 1. The first-order valence-corrected chi connectivity index (χ1v) is 5.91. The van der Waals surface area contributed by atoms with Gasteiger partial charge in [0.15, 0.2) is 0 Å². The molecule has 0 unspecified atom stereocenters.